The molecule has 0 amide bonds. The molecule has 0 aromatic heterocycles. The summed E-state index contributed by atoms with van der Waals surface area (Å²) >= 11 is 12.4. The van der Waals surface area contributed by atoms with Gasteiger partial charge in [0.2, 0.25) is 10.0 Å². The Labute approximate surface area is 174 Å². The molecule has 0 bridgehead atoms. The Balaban J connectivity index is 1.81. The molecule has 3 rings (SSSR count). The number of methoxy groups -OCH3 is 1. The third kappa shape index (κ3) is 4.18. The maximum Gasteiger partial charge on any atom is 0.327 e. The van der Waals surface area contributed by atoms with E-state index in [2.05, 4.69) is 0 Å². The van der Waals surface area contributed by atoms with Gasteiger partial charge in [-0.3, -0.25) is 4.90 Å². The Hall–Kier alpha value is -1.64. The van der Waals surface area contributed by atoms with Gasteiger partial charge >= 0.3 is 5.97 Å². The molecule has 28 heavy (non-hydrogen) atoms. The second kappa shape index (κ2) is 8.80. The molecule has 9 heteroatoms. The van der Waals surface area contributed by atoms with Gasteiger partial charge in [-0.15, -0.1) is 0 Å². The highest BCUT2D eigenvalue weighted by molar-refractivity contribution is 7.89. The summed E-state index contributed by atoms with van der Waals surface area (Å²) in [4.78, 5) is 14.4. The van der Waals surface area contributed by atoms with Crippen LogP contribution >= 0.6 is 23.2 Å². The number of halogens is 2. The second-order valence-electron chi connectivity index (χ2n) is 6.32. The SMILES string of the molecule is COC(=O)[C@H](c1ccccc1Cl)N1CCN(S(=O)(=O)c2ccccc2Cl)CC1. The number of ether oxygens (including phenoxy) is 1. The largest absolute Gasteiger partial charge is 0.468 e. The molecule has 0 saturated carbocycles. The van der Waals surface area contributed by atoms with E-state index in [9.17, 15) is 13.2 Å². The average molecular weight is 443 g/mol. The Morgan fingerprint density at radius 3 is 2.11 bits per heavy atom. The number of hydrogen-bond acceptors (Lipinski definition) is 5. The van der Waals surface area contributed by atoms with Gasteiger partial charge in [-0.25, -0.2) is 13.2 Å². The quantitative estimate of drug-likeness (QED) is 0.664. The summed E-state index contributed by atoms with van der Waals surface area (Å²) in [5.74, 6) is -0.435. The van der Waals surface area contributed by atoms with Gasteiger partial charge in [-0.1, -0.05) is 53.5 Å². The van der Waals surface area contributed by atoms with E-state index in [0.717, 1.165) is 0 Å². The monoisotopic (exact) mass is 442 g/mol. The molecule has 150 valence electrons. The molecule has 1 heterocycles. The molecule has 2 aromatic rings. The van der Waals surface area contributed by atoms with Crippen molar-refractivity contribution in [2.45, 2.75) is 10.9 Å². The fourth-order valence-corrected chi connectivity index (χ4v) is 5.43. The number of carbonyl (C=O) groups excluding carboxylic acids is 1. The van der Waals surface area contributed by atoms with Crippen molar-refractivity contribution in [1.82, 2.24) is 9.21 Å². The highest BCUT2D eigenvalue weighted by Crippen LogP contribution is 2.31. The molecule has 6 nitrogen and oxygen atoms in total. The Morgan fingerprint density at radius 1 is 0.964 bits per heavy atom. The van der Waals surface area contributed by atoms with Crippen LogP contribution in [0.4, 0.5) is 0 Å². The first-order valence-electron chi connectivity index (χ1n) is 8.67. The maximum absolute atomic E-state index is 12.9. The van der Waals surface area contributed by atoms with Crippen molar-refractivity contribution < 1.29 is 17.9 Å². The van der Waals surface area contributed by atoms with E-state index in [4.69, 9.17) is 27.9 Å². The fourth-order valence-electron chi connectivity index (χ4n) is 3.28. The molecule has 1 fully saturated rings. The number of esters is 1. The zero-order valence-corrected chi connectivity index (χ0v) is 17.5. The first-order valence-corrected chi connectivity index (χ1v) is 10.9. The third-order valence-electron chi connectivity index (χ3n) is 4.72. The van der Waals surface area contributed by atoms with E-state index in [-0.39, 0.29) is 23.0 Å². The summed E-state index contributed by atoms with van der Waals surface area (Å²) in [6, 6.07) is 12.7. The van der Waals surface area contributed by atoms with E-state index >= 15 is 0 Å². The molecule has 0 unspecified atom stereocenters. The number of piperazine rings is 1. The van der Waals surface area contributed by atoms with Crippen LogP contribution in [0.2, 0.25) is 10.0 Å². The third-order valence-corrected chi connectivity index (χ3v) is 7.46. The van der Waals surface area contributed by atoms with E-state index in [1.54, 1.807) is 42.5 Å². The molecule has 0 N–H and O–H groups in total. The van der Waals surface area contributed by atoms with Gasteiger partial charge in [0.25, 0.3) is 0 Å². The summed E-state index contributed by atoms with van der Waals surface area (Å²) in [5.41, 5.74) is 0.637. The smallest absolute Gasteiger partial charge is 0.327 e. The van der Waals surface area contributed by atoms with Crippen molar-refractivity contribution in [3.8, 4) is 0 Å². The van der Waals surface area contributed by atoms with E-state index in [0.29, 0.717) is 23.7 Å². The average Bonchev–Trinajstić information content (AvgIpc) is 2.70. The number of hydrogen-bond donors (Lipinski definition) is 0. The van der Waals surface area contributed by atoms with E-state index in [1.165, 1.54) is 17.5 Å². The van der Waals surface area contributed by atoms with Crippen LogP contribution in [0.15, 0.2) is 53.4 Å². The van der Waals surface area contributed by atoms with Crippen LogP contribution in [0, 0.1) is 0 Å². The number of sulfonamides is 1. The van der Waals surface area contributed by atoms with Crippen LogP contribution < -0.4 is 0 Å². The number of benzene rings is 2. The van der Waals surface area contributed by atoms with Gasteiger partial charge in [0.05, 0.1) is 12.1 Å². The van der Waals surface area contributed by atoms with Crippen LogP contribution in [-0.4, -0.2) is 56.9 Å². The molecule has 0 spiro atoms. The fraction of sp³-hybridized carbons (Fsp3) is 0.316. The lowest BCUT2D eigenvalue weighted by atomic mass is 10.0. The minimum atomic E-state index is -3.71. The highest BCUT2D eigenvalue weighted by Gasteiger charge is 2.36. The van der Waals surface area contributed by atoms with E-state index < -0.39 is 22.0 Å². The molecule has 1 aliphatic heterocycles. The van der Waals surface area contributed by atoms with Crippen molar-refractivity contribution >= 4 is 39.2 Å². The Morgan fingerprint density at radius 2 is 1.54 bits per heavy atom. The minimum Gasteiger partial charge on any atom is -0.468 e. The lowest BCUT2D eigenvalue weighted by Gasteiger charge is -2.37. The lowest BCUT2D eigenvalue weighted by molar-refractivity contribution is -0.147. The van der Waals surface area contributed by atoms with E-state index in [1.807, 2.05) is 4.90 Å². The summed E-state index contributed by atoms with van der Waals surface area (Å²) in [6.07, 6.45) is 0. The van der Waals surface area contributed by atoms with Crippen LogP contribution in [0.1, 0.15) is 11.6 Å². The molecular formula is C19H20Cl2N2O4S. The van der Waals surface area contributed by atoms with Crippen LogP contribution in [0.5, 0.6) is 0 Å². The minimum absolute atomic E-state index is 0.0840. The molecule has 0 radical (unpaired) electrons. The summed E-state index contributed by atoms with van der Waals surface area (Å²) < 4.78 is 32.2. The maximum atomic E-state index is 12.9. The van der Waals surface area contributed by atoms with Crippen molar-refractivity contribution in [2.75, 3.05) is 33.3 Å². The molecule has 0 aliphatic carbocycles. The lowest BCUT2D eigenvalue weighted by Crippen LogP contribution is -2.51. The molecule has 2 aromatic carbocycles. The van der Waals surface area contributed by atoms with Crippen LogP contribution in [0.3, 0.4) is 0 Å². The van der Waals surface area contributed by atoms with Gasteiger partial charge in [-0.2, -0.15) is 4.31 Å². The number of carbonyl (C=O) groups is 1. The zero-order chi connectivity index (χ0) is 20.3. The highest BCUT2D eigenvalue weighted by atomic mass is 35.5. The normalized spacial score (nSPS) is 17.2. The van der Waals surface area contributed by atoms with Crippen molar-refractivity contribution in [3.63, 3.8) is 0 Å². The number of rotatable bonds is 5. The van der Waals surface area contributed by atoms with Gasteiger partial charge in [0, 0.05) is 31.2 Å². The first-order chi connectivity index (χ1) is 13.4. The predicted molar refractivity (Wildman–Crippen MR) is 108 cm³/mol. The van der Waals surface area contributed by atoms with Gasteiger partial charge in [0.1, 0.15) is 10.9 Å². The van der Waals surface area contributed by atoms with Gasteiger partial charge in [-0.05, 0) is 23.8 Å². The molecular weight excluding hydrogens is 423 g/mol. The molecule has 1 aliphatic rings. The Kier molecular flexibility index (Phi) is 6.62. The first kappa shape index (κ1) is 21.1. The molecule has 1 atom stereocenters. The number of nitrogens with zero attached hydrogens (tertiary/aromatic N) is 2. The Bertz CT molecular complexity index is 960. The standard InChI is InChI=1S/C19H20Cl2N2O4S/c1-27-19(24)18(14-6-2-3-7-15(14)20)22-10-12-23(13-11-22)28(25,26)17-9-5-4-8-16(17)21/h2-9,18H,10-13H2,1H3/t18-/m0/s1. The van der Waals surface area contributed by atoms with Crippen LogP contribution in [-0.2, 0) is 19.6 Å². The van der Waals surface area contributed by atoms with Gasteiger partial charge in [0.15, 0.2) is 0 Å². The molecule has 1 saturated heterocycles. The topological polar surface area (TPSA) is 66.9 Å². The zero-order valence-electron chi connectivity index (χ0n) is 15.2. The van der Waals surface area contributed by atoms with Crippen molar-refractivity contribution in [3.05, 3.63) is 64.1 Å². The summed E-state index contributed by atoms with van der Waals surface area (Å²) in [5, 5.41) is 0.650. The van der Waals surface area contributed by atoms with Crippen molar-refractivity contribution in [1.29, 1.82) is 0 Å². The predicted octanol–water partition coefficient (Wildman–Crippen LogP) is 3.21. The summed E-state index contributed by atoms with van der Waals surface area (Å²) in [6.45, 7) is 1.17. The van der Waals surface area contributed by atoms with Crippen LogP contribution in [0.25, 0.3) is 0 Å². The summed E-state index contributed by atoms with van der Waals surface area (Å²) in [7, 11) is -2.38. The van der Waals surface area contributed by atoms with Gasteiger partial charge < -0.3 is 4.74 Å². The van der Waals surface area contributed by atoms with Crippen molar-refractivity contribution in [2.24, 2.45) is 0 Å². The second-order valence-corrected chi connectivity index (χ2v) is 9.04.